The van der Waals surface area contributed by atoms with Crippen LogP contribution in [0.1, 0.15) is 32.6 Å². The van der Waals surface area contributed by atoms with Gasteiger partial charge in [-0.05, 0) is 32.9 Å². The van der Waals surface area contributed by atoms with Gasteiger partial charge in [-0.1, -0.05) is 0 Å². The Labute approximate surface area is 134 Å². The zero-order valence-electron chi connectivity index (χ0n) is 13.4. The van der Waals surface area contributed by atoms with E-state index in [4.69, 9.17) is 9.15 Å². The van der Waals surface area contributed by atoms with Gasteiger partial charge in [0.25, 0.3) is 0 Å². The Balaban J connectivity index is 2.06. The predicted molar refractivity (Wildman–Crippen MR) is 79.0 cm³/mol. The third-order valence-corrected chi connectivity index (χ3v) is 4.74. The van der Waals surface area contributed by atoms with Crippen molar-refractivity contribution < 1.29 is 23.5 Å². The van der Waals surface area contributed by atoms with Crippen LogP contribution in [0.25, 0.3) is 0 Å². The topological polar surface area (TPSA) is 88.8 Å². The molecule has 0 unspecified atom stereocenters. The third kappa shape index (κ3) is 2.10. The minimum Gasteiger partial charge on any atom is -0.468 e. The highest BCUT2D eigenvalue weighted by Gasteiger charge is 2.67. The summed E-state index contributed by atoms with van der Waals surface area (Å²) in [5.41, 5.74) is -1.26. The minimum absolute atomic E-state index is 0.207. The molecule has 7 heteroatoms. The van der Waals surface area contributed by atoms with Crippen LogP contribution in [0.3, 0.4) is 0 Å². The number of likely N-dealkylation sites (tertiary alicyclic amines) is 1. The van der Waals surface area contributed by atoms with Gasteiger partial charge in [0.1, 0.15) is 11.3 Å². The highest BCUT2D eigenvalue weighted by Crippen LogP contribution is 2.48. The number of furan rings is 1. The molecule has 124 valence electrons. The molecule has 2 fully saturated rings. The largest absolute Gasteiger partial charge is 0.468 e. The number of nitrogens with zero attached hydrogens (tertiary/aromatic N) is 1. The molecule has 0 radical (unpaired) electrons. The van der Waals surface area contributed by atoms with Crippen molar-refractivity contribution in [2.45, 2.75) is 32.4 Å². The van der Waals surface area contributed by atoms with E-state index < -0.39 is 29.4 Å². The molecule has 0 bridgehead atoms. The number of nitrogens with one attached hydrogen (secondary N) is 1. The van der Waals surface area contributed by atoms with Gasteiger partial charge in [0.15, 0.2) is 0 Å². The molecule has 3 rings (SSSR count). The zero-order valence-corrected chi connectivity index (χ0v) is 13.4. The van der Waals surface area contributed by atoms with Gasteiger partial charge in [-0.2, -0.15) is 0 Å². The third-order valence-electron chi connectivity index (χ3n) is 4.74. The number of esters is 1. The first-order valence-corrected chi connectivity index (χ1v) is 7.79. The summed E-state index contributed by atoms with van der Waals surface area (Å²) in [5, 5.41) is 3.13. The Morgan fingerprint density at radius 1 is 1.39 bits per heavy atom. The van der Waals surface area contributed by atoms with Crippen LogP contribution in [-0.4, -0.2) is 41.4 Å². The first-order chi connectivity index (χ1) is 11.0. The van der Waals surface area contributed by atoms with Crippen molar-refractivity contribution in [1.82, 2.24) is 10.2 Å². The van der Waals surface area contributed by atoms with Crippen molar-refractivity contribution in [1.29, 1.82) is 0 Å². The van der Waals surface area contributed by atoms with Gasteiger partial charge in [0.05, 0.1) is 30.7 Å². The van der Waals surface area contributed by atoms with Crippen molar-refractivity contribution in [3.05, 3.63) is 24.2 Å². The molecule has 3 heterocycles. The van der Waals surface area contributed by atoms with E-state index >= 15 is 0 Å². The minimum atomic E-state index is -1.26. The smallest absolute Gasteiger partial charge is 0.326 e. The summed E-state index contributed by atoms with van der Waals surface area (Å²) in [5.74, 6) is -2.05. The lowest BCUT2D eigenvalue weighted by Crippen LogP contribution is -2.54. The van der Waals surface area contributed by atoms with E-state index in [1.165, 1.54) is 11.2 Å². The fraction of sp³-hybridized carbons (Fsp3) is 0.562. The molecule has 2 aliphatic heterocycles. The lowest BCUT2D eigenvalue weighted by atomic mass is 9.81. The molecule has 2 saturated heterocycles. The average Bonchev–Trinajstić information content (AvgIpc) is 3.18. The maximum Gasteiger partial charge on any atom is 0.326 e. The fourth-order valence-corrected chi connectivity index (χ4v) is 3.69. The predicted octanol–water partition coefficient (Wildman–Crippen LogP) is 0.867. The van der Waals surface area contributed by atoms with Gasteiger partial charge in [0, 0.05) is 6.54 Å². The summed E-state index contributed by atoms with van der Waals surface area (Å²) in [6.07, 6.45) is 1.50. The van der Waals surface area contributed by atoms with E-state index in [-0.39, 0.29) is 25.0 Å². The standard InChI is InChI=1S/C16H20N2O5/c1-4-18-13(19)10-11(14(18)20)16(3,15(21)22-5-2)17-12(10)9-7-6-8-23-9/h6-8,10-12,17H,4-5H2,1-3H3/t10-,11+,12+,16+/m0/s1. The second-order valence-corrected chi connectivity index (χ2v) is 5.98. The summed E-state index contributed by atoms with van der Waals surface area (Å²) in [6, 6.07) is 2.92. The highest BCUT2D eigenvalue weighted by molar-refractivity contribution is 6.09. The fourth-order valence-electron chi connectivity index (χ4n) is 3.69. The van der Waals surface area contributed by atoms with Gasteiger partial charge in [-0.15, -0.1) is 0 Å². The lowest BCUT2D eigenvalue weighted by Gasteiger charge is -2.28. The number of carbonyl (C=O) groups excluding carboxylic acids is 3. The maximum absolute atomic E-state index is 12.7. The Bertz CT molecular complexity index is 641. The van der Waals surface area contributed by atoms with E-state index in [0.29, 0.717) is 5.76 Å². The van der Waals surface area contributed by atoms with Crippen LogP contribution < -0.4 is 5.32 Å². The van der Waals surface area contributed by atoms with Crippen LogP contribution in [0.5, 0.6) is 0 Å². The quantitative estimate of drug-likeness (QED) is 0.654. The van der Waals surface area contributed by atoms with Crippen molar-refractivity contribution >= 4 is 17.8 Å². The zero-order chi connectivity index (χ0) is 16.8. The van der Waals surface area contributed by atoms with E-state index in [2.05, 4.69) is 5.32 Å². The molecule has 4 atom stereocenters. The van der Waals surface area contributed by atoms with Gasteiger partial charge < -0.3 is 9.15 Å². The van der Waals surface area contributed by atoms with E-state index in [1.807, 2.05) is 0 Å². The first kappa shape index (κ1) is 15.7. The van der Waals surface area contributed by atoms with E-state index in [0.717, 1.165) is 0 Å². The summed E-state index contributed by atoms with van der Waals surface area (Å²) >= 11 is 0. The molecule has 0 saturated carbocycles. The van der Waals surface area contributed by atoms with Crippen molar-refractivity contribution in [2.24, 2.45) is 11.8 Å². The average molecular weight is 320 g/mol. The summed E-state index contributed by atoms with van der Waals surface area (Å²) in [7, 11) is 0. The van der Waals surface area contributed by atoms with Gasteiger partial charge in [-0.25, -0.2) is 0 Å². The Morgan fingerprint density at radius 3 is 2.70 bits per heavy atom. The Morgan fingerprint density at radius 2 is 2.13 bits per heavy atom. The van der Waals surface area contributed by atoms with E-state index in [9.17, 15) is 14.4 Å². The van der Waals surface area contributed by atoms with Gasteiger partial charge in [-0.3, -0.25) is 24.6 Å². The van der Waals surface area contributed by atoms with Gasteiger partial charge >= 0.3 is 5.97 Å². The number of ether oxygens (including phenoxy) is 1. The number of carbonyl (C=O) groups is 3. The summed E-state index contributed by atoms with van der Waals surface area (Å²) in [6.45, 7) is 5.56. The maximum atomic E-state index is 12.7. The molecule has 7 nitrogen and oxygen atoms in total. The second-order valence-electron chi connectivity index (χ2n) is 5.98. The number of hydrogen-bond donors (Lipinski definition) is 1. The lowest BCUT2D eigenvalue weighted by molar-refractivity contribution is -0.155. The molecule has 1 N–H and O–H groups in total. The summed E-state index contributed by atoms with van der Waals surface area (Å²) in [4.78, 5) is 39.1. The van der Waals surface area contributed by atoms with Crippen LogP contribution in [0.2, 0.25) is 0 Å². The van der Waals surface area contributed by atoms with Crippen molar-refractivity contribution in [3.8, 4) is 0 Å². The summed E-state index contributed by atoms with van der Waals surface area (Å²) < 4.78 is 10.6. The second kappa shape index (κ2) is 5.49. The molecular formula is C16H20N2O5. The molecule has 2 aliphatic rings. The normalized spacial score (nSPS) is 33.2. The molecule has 23 heavy (non-hydrogen) atoms. The first-order valence-electron chi connectivity index (χ1n) is 7.79. The number of imide groups is 1. The van der Waals surface area contributed by atoms with Crippen molar-refractivity contribution in [2.75, 3.05) is 13.2 Å². The molecule has 0 spiro atoms. The van der Waals surface area contributed by atoms with Crippen LogP contribution >= 0.6 is 0 Å². The van der Waals surface area contributed by atoms with E-state index in [1.54, 1.807) is 32.9 Å². The molecule has 2 amide bonds. The van der Waals surface area contributed by atoms with Crippen LogP contribution in [-0.2, 0) is 19.1 Å². The Hall–Kier alpha value is -2.15. The number of hydrogen-bond acceptors (Lipinski definition) is 6. The monoisotopic (exact) mass is 320 g/mol. The number of fused-ring (bicyclic) bond motifs is 1. The molecule has 0 aliphatic carbocycles. The van der Waals surface area contributed by atoms with Crippen LogP contribution in [0.15, 0.2) is 22.8 Å². The molecule has 1 aromatic rings. The SMILES string of the molecule is CCOC(=O)[C@]1(C)N[C@H](c2ccco2)[C@H]2C(=O)N(CC)C(=O)[C@@H]21. The molecule has 0 aromatic carbocycles. The molecule has 1 aromatic heterocycles. The van der Waals surface area contributed by atoms with Crippen LogP contribution in [0, 0.1) is 11.8 Å². The molecular weight excluding hydrogens is 300 g/mol. The Kier molecular flexibility index (Phi) is 3.75. The number of amides is 2. The van der Waals surface area contributed by atoms with Gasteiger partial charge in [0.2, 0.25) is 11.8 Å². The van der Waals surface area contributed by atoms with Crippen LogP contribution in [0.4, 0.5) is 0 Å². The van der Waals surface area contributed by atoms with Crippen molar-refractivity contribution in [3.63, 3.8) is 0 Å². The highest BCUT2D eigenvalue weighted by atomic mass is 16.5. The number of rotatable bonds is 4.